The van der Waals surface area contributed by atoms with Gasteiger partial charge in [-0.2, -0.15) is 0 Å². The van der Waals surface area contributed by atoms with E-state index in [4.69, 9.17) is 0 Å². The number of aliphatic hydroxyl groups excluding tert-OH is 1. The van der Waals surface area contributed by atoms with Crippen molar-refractivity contribution in [1.82, 2.24) is 14.9 Å². The summed E-state index contributed by atoms with van der Waals surface area (Å²) in [5.41, 5.74) is 2.53. The van der Waals surface area contributed by atoms with Crippen molar-refractivity contribution in [3.8, 4) is 0 Å². The van der Waals surface area contributed by atoms with Gasteiger partial charge < -0.3 is 10.0 Å². The van der Waals surface area contributed by atoms with Gasteiger partial charge in [0.05, 0.1) is 17.8 Å². The summed E-state index contributed by atoms with van der Waals surface area (Å²) >= 11 is 0. The number of carbonyl (C=O) groups excluding carboxylic acids is 1. The molecule has 0 unspecified atom stereocenters. The molecule has 0 fully saturated rings. The second kappa shape index (κ2) is 8.17. The predicted octanol–water partition coefficient (Wildman–Crippen LogP) is 2.66. The fourth-order valence-corrected chi connectivity index (χ4v) is 2.54. The first-order valence-corrected chi connectivity index (χ1v) is 8.09. The number of aromatic nitrogens is 2. The number of hydrogen-bond donors (Lipinski definition) is 1. The molecular formula is C20H19N3O2. The number of fused-ring (bicyclic) bond motifs is 1. The van der Waals surface area contributed by atoms with Crippen LogP contribution in [0.25, 0.3) is 17.0 Å². The Hall–Kier alpha value is -3.05. The van der Waals surface area contributed by atoms with Crippen molar-refractivity contribution in [2.24, 2.45) is 0 Å². The number of aliphatic hydroxyl groups is 1. The van der Waals surface area contributed by atoms with E-state index in [1.54, 1.807) is 23.4 Å². The molecule has 0 aliphatic rings. The van der Waals surface area contributed by atoms with E-state index >= 15 is 0 Å². The molecule has 0 spiro atoms. The van der Waals surface area contributed by atoms with Crippen molar-refractivity contribution in [3.63, 3.8) is 0 Å². The van der Waals surface area contributed by atoms with Gasteiger partial charge in [-0.25, -0.2) is 4.98 Å². The molecule has 2 heterocycles. The first-order valence-electron chi connectivity index (χ1n) is 8.09. The number of nitrogens with zero attached hydrogens (tertiary/aromatic N) is 3. The first-order chi connectivity index (χ1) is 12.3. The van der Waals surface area contributed by atoms with Crippen LogP contribution in [0.4, 0.5) is 0 Å². The quantitative estimate of drug-likeness (QED) is 0.704. The van der Waals surface area contributed by atoms with E-state index in [1.165, 1.54) is 6.08 Å². The van der Waals surface area contributed by atoms with Gasteiger partial charge in [-0.1, -0.05) is 30.3 Å². The topological polar surface area (TPSA) is 66.3 Å². The number of carbonyl (C=O) groups is 1. The molecule has 3 aromatic rings. The van der Waals surface area contributed by atoms with Crippen LogP contribution < -0.4 is 0 Å². The van der Waals surface area contributed by atoms with Crippen LogP contribution in [0.2, 0.25) is 0 Å². The maximum atomic E-state index is 12.5. The molecular weight excluding hydrogens is 314 g/mol. The molecule has 1 N–H and O–H groups in total. The van der Waals surface area contributed by atoms with Crippen molar-refractivity contribution < 1.29 is 9.90 Å². The van der Waals surface area contributed by atoms with Crippen molar-refractivity contribution in [3.05, 3.63) is 78.3 Å². The monoisotopic (exact) mass is 333 g/mol. The number of hydrogen-bond acceptors (Lipinski definition) is 4. The van der Waals surface area contributed by atoms with Gasteiger partial charge in [0.1, 0.15) is 0 Å². The molecule has 25 heavy (non-hydrogen) atoms. The number of amides is 1. The van der Waals surface area contributed by atoms with Crippen LogP contribution in [0.15, 0.2) is 67.0 Å². The summed E-state index contributed by atoms with van der Waals surface area (Å²) in [7, 11) is 0. The SMILES string of the molecule is O=C(/C=C/c1ccc2ccccc2n1)N(CCO)Cc1cccnc1. The van der Waals surface area contributed by atoms with Crippen LogP contribution in [-0.4, -0.2) is 39.0 Å². The summed E-state index contributed by atoms with van der Waals surface area (Å²) in [5, 5.41) is 10.3. The normalized spacial score (nSPS) is 11.1. The molecule has 0 bridgehead atoms. The third-order valence-corrected chi connectivity index (χ3v) is 3.79. The van der Waals surface area contributed by atoms with Crippen LogP contribution in [0, 0.1) is 0 Å². The van der Waals surface area contributed by atoms with Gasteiger partial charge in [-0.15, -0.1) is 0 Å². The molecule has 5 heteroatoms. The summed E-state index contributed by atoms with van der Waals surface area (Å²) < 4.78 is 0. The minimum Gasteiger partial charge on any atom is -0.395 e. The van der Waals surface area contributed by atoms with Crippen LogP contribution in [0.3, 0.4) is 0 Å². The Morgan fingerprint density at radius 1 is 1.12 bits per heavy atom. The average molecular weight is 333 g/mol. The zero-order valence-corrected chi connectivity index (χ0v) is 13.7. The molecule has 3 rings (SSSR count). The zero-order valence-electron chi connectivity index (χ0n) is 13.7. The molecule has 0 atom stereocenters. The second-order valence-corrected chi connectivity index (χ2v) is 5.61. The lowest BCUT2D eigenvalue weighted by molar-refractivity contribution is -0.127. The highest BCUT2D eigenvalue weighted by Crippen LogP contribution is 2.13. The Balaban J connectivity index is 1.73. The molecule has 0 radical (unpaired) electrons. The molecule has 1 amide bonds. The molecule has 0 aliphatic carbocycles. The number of para-hydroxylation sites is 1. The fraction of sp³-hybridized carbons (Fsp3) is 0.150. The molecule has 0 saturated carbocycles. The number of rotatable bonds is 6. The molecule has 1 aromatic carbocycles. The van der Waals surface area contributed by atoms with Crippen molar-refractivity contribution in [1.29, 1.82) is 0 Å². The summed E-state index contributed by atoms with van der Waals surface area (Å²) in [6.07, 6.45) is 6.59. The van der Waals surface area contributed by atoms with Crippen LogP contribution in [0.1, 0.15) is 11.3 Å². The lowest BCUT2D eigenvalue weighted by Crippen LogP contribution is -2.31. The van der Waals surface area contributed by atoms with Crippen LogP contribution in [0.5, 0.6) is 0 Å². The molecule has 2 aromatic heterocycles. The Labute approximate surface area is 146 Å². The van der Waals surface area contributed by atoms with Gasteiger partial charge >= 0.3 is 0 Å². The molecule has 0 aliphatic heterocycles. The summed E-state index contributed by atoms with van der Waals surface area (Å²) in [6, 6.07) is 15.4. The van der Waals surface area contributed by atoms with E-state index in [1.807, 2.05) is 48.5 Å². The molecule has 5 nitrogen and oxygen atoms in total. The van der Waals surface area contributed by atoms with Crippen molar-refractivity contribution in [2.75, 3.05) is 13.2 Å². The van der Waals surface area contributed by atoms with Crippen LogP contribution >= 0.6 is 0 Å². The van der Waals surface area contributed by atoms with Gasteiger partial charge in [-0.3, -0.25) is 9.78 Å². The van der Waals surface area contributed by atoms with Crippen LogP contribution in [-0.2, 0) is 11.3 Å². The lowest BCUT2D eigenvalue weighted by atomic mass is 10.2. The van der Waals surface area contributed by atoms with Crippen molar-refractivity contribution in [2.45, 2.75) is 6.54 Å². The van der Waals surface area contributed by atoms with E-state index in [0.717, 1.165) is 22.2 Å². The van der Waals surface area contributed by atoms with Gasteiger partial charge in [0.25, 0.3) is 0 Å². The van der Waals surface area contributed by atoms with Gasteiger partial charge in [-0.05, 0) is 29.8 Å². The third kappa shape index (κ3) is 4.49. The maximum absolute atomic E-state index is 12.5. The molecule has 126 valence electrons. The van der Waals surface area contributed by atoms with E-state index in [9.17, 15) is 9.90 Å². The van der Waals surface area contributed by atoms with E-state index in [-0.39, 0.29) is 19.1 Å². The summed E-state index contributed by atoms with van der Waals surface area (Å²) in [5.74, 6) is -0.173. The van der Waals surface area contributed by atoms with Gasteiger partial charge in [0, 0.05) is 36.9 Å². The highest BCUT2D eigenvalue weighted by Gasteiger charge is 2.11. The fourth-order valence-electron chi connectivity index (χ4n) is 2.54. The van der Waals surface area contributed by atoms with E-state index in [2.05, 4.69) is 9.97 Å². The number of pyridine rings is 2. The smallest absolute Gasteiger partial charge is 0.247 e. The van der Waals surface area contributed by atoms with Crippen molar-refractivity contribution >= 4 is 22.9 Å². The largest absolute Gasteiger partial charge is 0.395 e. The van der Waals surface area contributed by atoms with Gasteiger partial charge in [0.15, 0.2) is 0 Å². The second-order valence-electron chi connectivity index (χ2n) is 5.61. The lowest BCUT2D eigenvalue weighted by Gasteiger charge is -2.20. The predicted molar refractivity (Wildman–Crippen MR) is 97.5 cm³/mol. The Kier molecular flexibility index (Phi) is 5.49. The van der Waals surface area contributed by atoms with E-state index in [0.29, 0.717) is 6.54 Å². The van der Waals surface area contributed by atoms with Gasteiger partial charge in [0.2, 0.25) is 5.91 Å². The molecule has 0 saturated heterocycles. The standard InChI is InChI=1S/C20H19N3O2/c24-13-12-23(15-16-4-3-11-21-14-16)20(25)10-9-18-8-7-17-5-1-2-6-19(17)22-18/h1-11,14,24H,12-13,15H2/b10-9+. The minimum atomic E-state index is -0.173. The summed E-state index contributed by atoms with van der Waals surface area (Å²) in [4.78, 5) is 22.6. The average Bonchev–Trinajstić information content (AvgIpc) is 2.66. The Bertz CT molecular complexity index is 878. The Morgan fingerprint density at radius 3 is 2.80 bits per heavy atom. The minimum absolute atomic E-state index is 0.0892. The van der Waals surface area contributed by atoms with E-state index < -0.39 is 0 Å². The maximum Gasteiger partial charge on any atom is 0.247 e. The zero-order chi connectivity index (χ0) is 17.5. The highest BCUT2D eigenvalue weighted by atomic mass is 16.3. The Morgan fingerprint density at radius 2 is 2.00 bits per heavy atom. The number of benzene rings is 1. The summed E-state index contributed by atoms with van der Waals surface area (Å²) in [6.45, 7) is 0.583. The first kappa shape index (κ1) is 16.8. The third-order valence-electron chi connectivity index (χ3n) is 3.79. The highest BCUT2D eigenvalue weighted by molar-refractivity contribution is 5.92.